The van der Waals surface area contributed by atoms with Crippen molar-refractivity contribution in [2.75, 3.05) is 73.9 Å². The average molecular weight is 1120 g/mol. The number of hydrogen-bond donors (Lipinski definition) is 2. The summed E-state index contributed by atoms with van der Waals surface area (Å²) in [4.78, 5) is 16.7. The predicted octanol–water partition coefficient (Wildman–Crippen LogP) is 9.90. The van der Waals surface area contributed by atoms with Crippen LogP contribution in [0.15, 0.2) is 24.3 Å². The molecule has 0 aliphatic heterocycles. The fourth-order valence-corrected chi connectivity index (χ4v) is 9.67. The van der Waals surface area contributed by atoms with Crippen LogP contribution in [0.1, 0.15) is 94.2 Å². The van der Waals surface area contributed by atoms with E-state index in [9.17, 15) is 0 Å². The molecular weight excluding hydrogens is 1050 g/mol. The molecule has 0 saturated carbocycles. The molecule has 2 N–H and O–H groups in total. The maximum atomic E-state index is 8.36. The van der Waals surface area contributed by atoms with Crippen LogP contribution in [0, 0.1) is 44.9 Å². The van der Waals surface area contributed by atoms with Gasteiger partial charge in [-0.1, -0.05) is 0 Å². The Morgan fingerprint density at radius 1 is 0.583 bits per heavy atom. The molecule has 0 spiro atoms. The van der Waals surface area contributed by atoms with Crippen LogP contribution in [0.2, 0.25) is 0 Å². The first-order chi connectivity index (χ1) is 21.7. The van der Waals surface area contributed by atoms with E-state index < -0.39 is 10.2 Å². The summed E-state index contributed by atoms with van der Waals surface area (Å²) in [7, 11) is 0.549. The van der Waals surface area contributed by atoms with Gasteiger partial charge >= 0.3 is 60.1 Å². The normalized spacial score (nSPS) is 8.69. The monoisotopic (exact) mass is 1120 g/mol. The number of hydrogen-bond acceptors (Lipinski definition) is 4. The molecule has 0 heterocycles. The Kier molecular flexibility index (Phi) is 78.0. The third kappa shape index (κ3) is 64.6. The summed E-state index contributed by atoms with van der Waals surface area (Å²) in [5.41, 5.74) is 1.36. The second-order valence-electron chi connectivity index (χ2n) is 9.55. The fraction of sp³-hybridized carbons (Fsp3) is 0.706. The van der Waals surface area contributed by atoms with Gasteiger partial charge in [0.1, 0.15) is 0 Å². The maximum absolute atomic E-state index is 8.36. The second-order valence-corrected chi connectivity index (χ2v) is 24.0. The predicted molar refractivity (Wildman–Crippen MR) is 216 cm³/mol. The van der Waals surface area contributed by atoms with Gasteiger partial charge in [-0.05, 0) is 115 Å². The average Bonchev–Trinajstić information content (AvgIpc) is 3.05. The molecule has 0 unspecified atom stereocenters. The summed E-state index contributed by atoms with van der Waals surface area (Å²) >= 11 is 0. The van der Waals surface area contributed by atoms with Gasteiger partial charge < -0.3 is 10.4 Å². The van der Waals surface area contributed by atoms with Gasteiger partial charge in [0.15, 0.2) is 0 Å². The summed E-state index contributed by atoms with van der Waals surface area (Å²) in [6.45, 7) is 27.7. The first-order valence-electron chi connectivity index (χ1n) is 16.7. The second kappa shape index (κ2) is 56.4. The molecule has 1 aromatic rings. The van der Waals surface area contributed by atoms with Crippen molar-refractivity contribution in [1.82, 2.24) is 0 Å². The van der Waals surface area contributed by atoms with E-state index in [2.05, 4.69) is 94.9 Å². The zero-order valence-corrected chi connectivity index (χ0v) is 40.4. The first-order valence-corrected chi connectivity index (χ1v) is 25.2. The molecule has 0 aliphatic rings. The van der Waals surface area contributed by atoms with E-state index in [4.69, 9.17) is 43.5 Å². The van der Waals surface area contributed by atoms with E-state index in [0.29, 0.717) is 11.1 Å². The van der Waals surface area contributed by atoms with Crippen molar-refractivity contribution in [3.8, 4) is 11.8 Å². The van der Waals surface area contributed by atoms with E-state index in [1.54, 1.807) is 24.3 Å². The number of nitrogens with zero attached hydrogens (tertiary/aromatic N) is 2. The van der Waals surface area contributed by atoms with Crippen LogP contribution in [0.3, 0.4) is 0 Å². The first kappa shape index (κ1) is 66.3. The van der Waals surface area contributed by atoms with Gasteiger partial charge in [-0.25, -0.2) is 0 Å². The van der Waals surface area contributed by atoms with Crippen molar-refractivity contribution in [3.05, 3.63) is 68.5 Å². The third-order valence-electron chi connectivity index (χ3n) is 7.15. The molecule has 1 rings (SSSR count). The SMILES string of the molecule is CC[PH+](CC)CC.CC[PH+](CC)CC.CC[PH+](CC)CC.CC[PH+](CC)CC.O=[N+]([O-])O.O=[N+]([O-])O.[C+]#Cc1cccc(C#[C-])c1.[Pt].[Pt]. The minimum atomic E-state index is -1.50. The number of rotatable bonds is 12. The molecule has 0 atom stereocenters. The van der Waals surface area contributed by atoms with Crippen LogP contribution in [0.25, 0.3) is 0 Å². The smallest absolute Gasteiger partial charge is 0 e. The molecule has 0 amide bonds. The summed E-state index contributed by atoms with van der Waals surface area (Å²) < 4.78 is 0. The molecule has 8 nitrogen and oxygen atoms in total. The van der Waals surface area contributed by atoms with Crippen LogP contribution in [-0.2, 0) is 42.1 Å². The van der Waals surface area contributed by atoms with Gasteiger partial charge in [-0.2, -0.15) is 0 Å². The van der Waals surface area contributed by atoms with Crippen LogP contribution >= 0.6 is 31.7 Å². The summed E-state index contributed by atoms with van der Waals surface area (Å²) in [6, 6.07) is 6.97. The minimum absolute atomic E-state index is 0. The van der Waals surface area contributed by atoms with Crippen LogP contribution < -0.4 is 0 Å². The Morgan fingerprint density at radius 3 is 0.896 bits per heavy atom. The summed E-state index contributed by atoms with van der Waals surface area (Å²) in [5.74, 6) is 4.46. The van der Waals surface area contributed by atoms with Gasteiger partial charge in [-0.3, -0.25) is 0 Å². The molecular formula is C34H70N2O6P4Pt2+4. The van der Waals surface area contributed by atoms with Crippen molar-refractivity contribution in [1.29, 1.82) is 0 Å². The quantitative estimate of drug-likeness (QED) is 0.0706. The summed E-state index contributed by atoms with van der Waals surface area (Å²) in [6.07, 6.45) is 31.0. The van der Waals surface area contributed by atoms with E-state index in [1.165, 1.54) is 73.9 Å². The Bertz CT molecular complexity index is 743. The Labute approximate surface area is 329 Å². The molecule has 0 radical (unpaired) electrons. The van der Waals surface area contributed by atoms with Crippen molar-refractivity contribution in [2.45, 2.75) is 83.1 Å². The van der Waals surface area contributed by atoms with E-state index in [-0.39, 0.29) is 73.8 Å². The van der Waals surface area contributed by atoms with Gasteiger partial charge in [0.05, 0.1) is 73.9 Å². The zero-order chi connectivity index (χ0) is 37.3. The molecule has 0 bridgehead atoms. The van der Waals surface area contributed by atoms with Crippen molar-refractivity contribution in [2.24, 2.45) is 0 Å². The van der Waals surface area contributed by atoms with Crippen molar-refractivity contribution >= 4 is 31.7 Å². The van der Waals surface area contributed by atoms with Gasteiger partial charge in [0, 0.05) is 42.1 Å². The summed E-state index contributed by atoms with van der Waals surface area (Å²) in [5, 5.41) is 27.3. The van der Waals surface area contributed by atoms with E-state index in [1.807, 2.05) is 0 Å². The molecule has 0 aromatic heterocycles. The van der Waals surface area contributed by atoms with Crippen LogP contribution in [0.4, 0.5) is 0 Å². The molecule has 0 saturated heterocycles. The van der Waals surface area contributed by atoms with E-state index >= 15 is 0 Å². The topological polar surface area (TPSA) is 127 Å². The largest absolute Gasteiger partial charge is 0 e. The number of benzene rings is 1. The Balaban J connectivity index is -0.0000000657. The van der Waals surface area contributed by atoms with Crippen molar-refractivity contribution < 1.29 is 62.7 Å². The molecule has 0 fully saturated rings. The maximum Gasteiger partial charge on any atom is 0 e. The van der Waals surface area contributed by atoms with E-state index in [0.717, 1.165) is 0 Å². The van der Waals surface area contributed by atoms with Gasteiger partial charge in [0.25, 0.3) is 10.2 Å². The fourth-order valence-electron chi connectivity index (χ4n) is 3.67. The van der Waals surface area contributed by atoms with Gasteiger partial charge in [-0.15, -0.1) is 20.2 Å². The van der Waals surface area contributed by atoms with Crippen LogP contribution in [-0.4, -0.2) is 94.5 Å². The molecule has 0 aliphatic carbocycles. The van der Waals surface area contributed by atoms with Gasteiger partial charge in [0.2, 0.25) is 0 Å². The zero-order valence-electron chi connectivity index (χ0n) is 31.8. The molecule has 1 aromatic carbocycles. The van der Waals surface area contributed by atoms with Crippen LogP contribution in [0.5, 0.6) is 0 Å². The molecule has 48 heavy (non-hydrogen) atoms. The van der Waals surface area contributed by atoms with Crippen molar-refractivity contribution in [3.63, 3.8) is 0 Å². The molecule has 288 valence electrons. The Hall–Kier alpha value is 0.0566. The third-order valence-corrected chi connectivity index (χ3v) is 19.2. The standard InChI is InChI=1S/C10H4.4C6H15P.2HNO3.2Pt/c1-3-9-6-5-7-10(4-2)8-9;4*1-4-7(5-2)6-3;2*2-1(3)4;;/h5-8H;4*4-6H2,1-3H3;2*(H,2,3,4);;/p+4. The molecule has 14 heteroatoms. The minimum Gasteiger partial charge on any atom is 0 e. The Morgan fingerprint density at radius 2 is 0.771 bits per heavy atom.